The molecule has 0 aromatic heterocycles. The molecule has 22 heavy (non-hydrogen) atoms. The molecule has 116 valence electrons. The van der Waals surface area contributed by atoms with Crippen molar-refractivity contribution in [2.75, 3.05) is 4.72 Å². The first-order valence-corrected chi connectivity index (χ1v) is 8.26. The summed E-state index contributed by atoms with van der Waals surface area (Å²) in [7, 11) is -3.96. The fourth-order valence-corrected chi connectivity index (χ4v) is 3.45. The topological polar surface area (TPSA) is 83.5 Å². The predicted molar refractivity (Wildman–Crippen MR) is 85.4 cm³/mol. The third-order valence-electron chi connectivity index (χ3n) is 2.85. The van der Waals surface area contributed by atoms with Crippen LogP contribution in [0.4, 0.5) is 5.69 Å². The Morgan fingerprint density at radius 2 is 1.73 bits per heavy atom. The Kier molecular flexibility index (Phi) is 4.65. The Morgan fingerprint density at radius 1 is 1.14 bits per heavy atom. The second kappa shape index (κ2) is 6.16. The Balaban J connectivity index is 2.50. The minimum Gasteiger partial charge on any atom is -0.478 e. The number of aromatic carboxylic acids is 1. The smallest absolute Gasteiger partial charge is 0.337 e. The molecule has 0 unspecified atom stereocenters. The summed E-state index contributed by atoms with van der Waals surface area (Å²) >= 11 is 11.7. The van der Waals surface area contributed by atoms with Gasteiger partial charge >= 0.3 is 5.97 Å². The number of sulfonamides is 1. The van der Waals surface area contributed by atoms with Crippen LogP contribution in [0.25, 0.3) is 0 Å². The second-order valence-electron chi connectivity index (χ2n) is 4.53. The molecule has 5 nitrogen and oxygen atoms in total. The van der Waals surface area contributed by atoms with Crippen LogP contribution < -0.4 is 4.72 Å². The van der Waals surface area contributed by atoms with Crippen LogP contribution in [0.1, 0.15) is 15.9 Å². The van der Waals surface area contributed by atoms with E-state index in [1.807, 2.05) is 6.92 Å². The summed E-state index contributed by atoms with van der Waals surface area (Å²) in [6.45, 7) is 1.82. The van der Waals surface area contributed by atoms with Gasteiger partial charge in [-0.2, -0.15) is 0 Å². The summed E-state index contributed by atoms with van der Waals surface area (Å²) in [4.78, 5) is 11.2. The Hall–Kier alpha value is -1.76. The fraction of sp³-hybridized carbons (Fsp3) is 0.0714. The SMILES string of the molecule is Cc1ccc(S(=O)(=O)Nc2c(Cl)cc(Cl)cc2C(=O)O)cc1. The minimum atomic E-state index is -3.96. The molecule has 0 spiro atoms. The number of halogens is 2. The lowest BCUT2D eigenvalue weighted by atomic mass is 10.2. The van der Waals surface area contributed by atoms with Gasteiger partial charge in [0.1, 0.15) is 0 Å². The third-order valence-corrected chi connectivity index (χ3v) is 4.74. The van der Waals surface area contributed by atoms with Crippen LogP contribution >= 0.6 is 23.2 Å². The number of hydrogen-bond acceptors (Lipinski definition) is 3. The van der Waals surface area contributed by atoms with Gasteiger partial charge in [0, 0.05) is 5.02 Å². The third kappa shape index (κ3) is 3.52. The number of benzene rings is 2. The van der Waals surface area contributed by atoms with Crippen molar-refractivity contribution in [1.29, 1.82) is 0 Å². The molecule has 2 rings (SSSR count). The molecular formula is C14H11Cl2NO4S. The largest absolute Gasteiger partial charge is 0.478 e. The number of carboxylic acid groups (broad SMARTS) is 1. The summed E-state index contributed by atoms with van der Waals surface area (Å²) in [6.07, 6.45) is 0. The quantitative estimate of drug-likeness (QED) is 0.869. The van der Waals surface area contributed by atoms with Crippen LogP contribution in [-0.2, 0) is 10.0 Å². The average Bonchev–Trinajstić information content (AvgIpc) is 2.41. The highest BCUT2D eigenvalue weighted by Gasteiger charge is 2.21. The van der Waals surface area contributed by atoms with E-state index in [1.54, 1.807) is 12.1 Å². The van der Waals surface area contributed by atoms with Crippen molar-refractivity contribution < 1.29 is 18.3 Å². The van der Waals surface area contributed by atoms with Gasteiger partial charge in [-0.3, -0.25) is 4.72 Å². The van der Waals surface area contributed by atoms with Gasteiger partial charge in [0.25, 0.3) is 10.0 Å². The van der Waals surface area contributed by atoms with Gasteiger partial charge in [0.05, 0.1) is 21.2 Å². The Bertz CT molecular complexity index is 833. The lowest BCUT2D eigenvalue weighted by Gasteiger charge is -2.13. The number of hydrogen-bond donors (Lipinski definition) is 2. The van der Waals surface area contributed by atoms with E-state index in [9.17, 15) is 13.2 Å². The lowest BCUT2D eigenvalue weighted by molar-refractivity contribution is 0.0698. The molecule has 8 heteroatoms. The summed E-state index contributed by atoms with van der Waals surface area (Å²) < 4.78 is 26.9. The van der Waals surface area contributed by atoms with Gasteiger partial charge in [0.15, 0.2) is 0 Å². The number of aryl methyl sites for hydroxylation is 1. The zero-order valence-electron chi connectivity index (χ0n) is 11.3. The molecule has 0 amide bonds. The van der Waals surface area contributed by atoms with E-state index in [2.05, 4.69) is 4.72 Å². The molecule has 0 aliphatic heterocycles. The maximum absolute atomic E-state index is 12.3. The van der Waals surface area contributed by atoms with Gasteiger partial charge in [-0.05, 0) is 31.2 Å². The number of rotatable bonds is 4. The first kappa shape index (κ1) is 16.6. The van der Waals surface area contributed by atoms with Gasteiger partial charge in [-0.1, -0.05) is 40.9 Å². The van der Waals surface area contributed by atoms with E-state index in [0.29, 0.717) is 0 Å². The van der Waals surface area contributed by atoms with Gasteiger partial charge in [0.2, 0.25) is 0 Å². The number of nitrogens with one attached hydrogen (secondary N) is 1. The van der Waals surface area contributed by atoms with E-state index in [1.165, 1.54) is 18.2 Å². The van der Waals surface area contributed by atoms with Crippen LogP contribution in [0.3, 0.4) is 0 Å². The van der Waals surface area contributed by atoms with Gasteiger partial charge < -0.3 is 5.11 Å². The zero-order valence-corrected chi connectivity index (χ0v) is 13.6. The molecule has 0 bridgehead atoms. The summed E-state index contributed by atoms with van der Waals surface area (Å²) in [5.74, 6) is -1.34. The fourth-order valence-electron chi connectivity index (χ4n) is 1.76. The van der Waals surface area contributed by atoms with Crippen molar-refractivity contribution in [3.8, 4) is 0 Å². The highest BCUT2D eigenvalue weighted by molar-refractivity contribution is 7.92. The Labute approximate surface area is 137 Å². The van der Waals surface area contributed by atoms with Crippen LogP contribution in [0.2, 0.25) is 10.0 Å². The minimum absolute atomic E-state index is 0.000422. The number of carbonyl (C=O) groups is 1. The van der Waals surface area contributed by atoms with Crippen molar-refractivity contribution in [2.45, 2.75) is 11.8 Å². The normalized spacial score (nSPS) is 11.2. The second-order valence-corrected chi connectivity index (χ2v) is 7.06. The Morgan fingerprint density at radius 3 is 2.27 bits per heavy atom. The zero-order chi connectivity index (χ0) is 16.5. The van der Waals surface area contributed by atoms with E-state index >= 15 is 0 Å². The molecule has 2 aromatic carbocycles. The summed E-state index contributed by atoms with van der Waals surface area (Å²) in [5.41, 5.74) is 0.349. The molecule has 2 N–H and O–H groups in total. The number of carboxylic acids is 1. The van der Waals surface area contributed by atoms with Gasteiger partial charge in [-0.25, -0.2) is 13.2 Å². The van der Waals surface area contributed by atoms with Crippen molar-refractivity contribution in [3.05, 3.63) is 57.6 Å². The average molecular weight is 360 g/mol. The molecule has 0 saturated carbocycles. The molecule has 0 saturated heterocycles. The van der Waals surface area contributed by atoms with Crippen molar-refractivity contribution in [2.24, 2.45) is 0 Å². The van der Waals surface area contributed by atoms with E-state index in [0.717, 1.165) is 11.6 Å². The molecule has 0 aliphatic carbocycles. The first-order chi connectivity index (χ1) is 10.2. The monoisotopic (exact) mass is 359 g/mol. The standard InChI is InChI=1S/C14H11Cl2NO4S/c1-8-2-4-10(5-3-8)22(20,21)17-13-11(14(18)19)6-9(15)7-12(13)16/h2-7,17H,1H3,(H,18,19). The van der Waals surface area contributed by atoms with Crippen LogP contribution in [-0.4, -0.2) is 19.5 Å². The van der Waals surface area contributed by atoms with E-state index < -0.39 is 16.0 Å². The first-order valence-electron chi connectivity index (χ1n) is 6.02. The van der Waals surface area contributed by atoms with Crippen LogP contribution in [0.15, 0.2) is 41.3 Å². The number of anilines is 1. The molecule has 0 fully saturated rings. The van der Waals surface area contributed by atoms with E-state index in [-0.39, 0.29) is 26.2 Å². The molecule has 2 aromatic rings. The molecule has 0 aliphatic rings. The highest BCUT2D eigenvalue weighted by atomic mass is 35.5. The summed E-state index contributed by atoms with van der Waals surface area (Å²) in [5, 5.41) is 9.17. The molecular weight excluding hydrogens is 349 g/mol. The maximum atomic E-state index is 12.3. The summed E-state index contributed by atoms with van der Waals surface area (Å²) in [6, 6.07) is 8.50. The van der Waals surface area contributed by atoms with Gasteiger partial charge in [-0.15, -0.1) is 0 Å². The van der Waals surface area contributed by atoms with Crippen LogP contribution in [0, 0.1) is 6.92 Å². The van der Waals surface area contributed by atoms with E-state index in [4.69, 9.17) is 28.3 Å². The van der Waals surface area contributed by atoms with Crippen molar-refractivity contribution in [3.63, 3.8) is 0 Å². The van der Waals surface area contributed by atoms with Crippen LogP contribution in [0.5, 0.6) is 0 Å². The molecule has 0 radical (unpaired) electrons. The molecule has 0 heterocycles. The lowest BCUT2D eigenvalue weighted by Crippen LogP contribution is -2.16. The highest BCUT2D eigenvalue weighted by Crippen LogP contribution is 2.32. The van der Waals surface area contributed by atoms with Crippen molar-refractivity contribution in [1.82, 2.24) is 0 Å². The molecule has 0 atom stereocenters. The maximum Gasteiger partial charge on any atom is 0.337 e. The predicted octanol–water partition coefficient (Wildman–Crippen LogP) is 3.80. The van der Waals surface area contributed by atoms with Crippen molar-refractivity contribution >= 4 is 44.9 Å².